The maximum atomic E-state index is 12.1. The van der Waals surface area contributed by atoms with E-state index in [1.807, 2.05) is 6.07 Å². The van der Waals surface area contributed by atoms with Gasteiger partial charge in [0.05, 0.1) is 6.26 Å². The fourth-order valence-electron chi connectivity index (χ4n) is 1.82. The van der Waals surface area contributed by atoms with Crippen LogP contribution in [0.2, 0.25) is 0 Å². The first-order valence-electron chi connectivity index (χ1n) is 6.79. The minimum atomic E-state index is -0.546. The zero-order valence-corrected chi connectivity index (χ0v) is 12.7. The van der Waals surface area contributed by atoms with Gasteiger partial charge in [-0.1, -0.05) is 0 Å². The lowest BCUT2D eigenvalue weighted by atomic mass is 10.1. The second-order valence-electron chi connectivity index (χ2n) is 4.92. The van der Waals surface area contributed by atoms with Gasteiger partial charge in [-0.2, -0.15) is 5.26 Å². The normalized spacial score (nSPS) is 10.7. The second kappa shape index (κ2) is 7.09. The van der Waals surface area contributed by atoms with Gasteiger partial charge in [-0.25, -0.2) is 0 Å². The zero-order valence-electron chi connectivity index (χ0n) is 12.7. The molecule has 1 aromatic heterocycles. The molecule has 1 heterocycles. The molecule has 0 aliphatic rings. The van der Waals surface area contributed by atoms with Crippen LogP contribution < -0.4 is 5.32 Å². The van der Waals surface area contributed by atoms with Crippen molar-refractivity contribution < 1.29 is 14.0 Å². The first-order chi connectivity index (χ1) is 11.0. The average molecular weight is 309 g/mol. The molecule has 0 unspecified atom stereocenters. The number of anilines is 1. The standard InChI is InChI=1S/C17H15N3O3/c1-20(2)17(22)12-5-7-14(8-6-12)19-16(21)13(11-18)10-15-4-3-9-23-15/h3-10H,1-2H3,(H,19,21)/b13-10+. The third-order valence-corrected chi connectivity index (χ3v) is 2.99. The highest BCUT2D eigenvalue weighted by atomic mass is 16.3. The van der Waals surface area contributed by atoms with Crippen LogP contribution in [-0.2, 0) is 4.79 Å². The SMILES string of the molecule is CN(C)C(=O)c1ccc(NC(=O)/C(C#N)=C/c2ccco2)cc1. The second-order valence-corrected chi connectivity index (χ2v) is 4.92. The molecular formula is C17H15N3O3. The van der Waals surface area contributed by atoms with Crippen molar-refractivity contribution in [2.75, 3.05) is 19.4 Å². The van der Waals surface area contributed by atoms with Crippen molar-refractivity contribution in [3.63, 3.8) is 0 Å². The molecular weight excluding hydrogens is 294 g/mol. The molecule has 2 aromatic rings. The Balaban J connectivity index is 2.11. The van der Waals surface area contributed by atoms with Gasteiger partial charge in [-0.15, -0.1) is 0 Å². The van der Waals surface area contributed by atoms with Crippen LogP contribution in [0.5, 0.6) is 0 Å². The molecule has 0 aliphatic heterocycles. The lowest BCUT2D eigenvalue weighted by Crippen LogP contribution is -2.21. The number of nitrogens with one attached hydrogen (secondary N) is 1. The lowest BCUT2D eigenvalue weighted by Gasteiger charge is -2.10. The largest absolute Gasteiger partial charge is 0.465 e. The van der Waals surface area contributed by atoms with E-state index in [2.05, 4.69) is 5.32 Å². The summed E-state index contributed by atoms with van der Waals surface area (Å²) in [6.45, 7) is 0. The van der Waals surface area contributed by atoms with Crippen LogP contribution in [-0.4, -0.2) is 30.8 Å². The number of nitrogens with zero attached hydrogens (tertiary/aromatic N) is 2. The van der Waals surface area contributed by atoms with E-state index >= 15 is 0 Å². The van der Waals surface area contributed by atoms with Gasteiger partial charge in [0.15, 0.2) is 0 Å². The molecule has 0 saturated carbocycles. The van der Waals surface area contributed by atoms with E-state index in [1.165, 1.54) is 17.2 Å². The third-order valence-electron chi connectivity index (χ3n) is 2.99. The summed E-state index contributed by atoms with van der Waals surface area (Å²) in [5, 5.41) is 11.7. The fourth-order valence-corrected chi connectivity index (χ4v) is 1.82. The molecule has 1 N–H and O–H groups in total. The van der Waals surface area contributed by atoms with Crippen LogP contribution in [0, 0.1) is 11.3 Å². The molecule has 6 heteroatoms. The lowest BCUT2D eigenvalue weighted by molar-refractivity contribution is -0.112. The molecule has 0 bridgehead atoms. The van der Waals surface area contributed by atoms with Crippen molar-refractivity contribution in [3.05, 3.63) is 59.6 Å². The number of nitriles is 1. The Hall–Kier alpha value is -3.33. The van der Waals surface area contributed by atoms with Crippen LogP contribution in [0.25, 0.3) is 6.08 Å². The van der Waals surface area contributed by atoms with E-state index in [0.29, 0.717) is 17.0 Å². The summed E-state index contributed by atoms with van der Waals surface area (Å²) in [4.78, 5) is 25.3. The first kappa shape index (κ1) is 16.0. The number of furan rings is 1. The Morgan fingerprint density at radius 2 is 1.91 bits per heavy atom. The summed E-state index contributed by atoms with van der Waals surface area (Å²) in [7, 11) is 3.33. The summed E-state index contributed by atoms with van der Waals surface area (Å²) < 4.78 is 5.08. The molecule has 2 rings (SSSR count). The summed E-state index contributed by atoms with van der Waals surface area (Å²) >= 11 is 0. The van der Waals surface area contributed by atoms with E-state index < -0.39 is 5.91 Å². The molecule has 0 atom stereocenters. The maximum absolute atomic E-state index is 12.1. The van der Waals surface area contributed by atoms with Gasteiger partial charge in [-0.3, -0.25) is 9.59 Å². The Labute approximate surface area is 133 Å². The highest BCUT2D eigenvalue weighted by Gasteiger charge is 2.11. The van der Waals surface area contributed by atoms with Gasteiger partial charge in [0.2, 0.25) is 0 Å². The van der Waals surface area contributed by atoms with Crippen LogP contribution in [0.15, 0.2) is 52.7 Å². The zero-order chi connectivity index (χ0) is 16.8. The Morgan fingerprint density at radius 1 is 1.22 bits per heavy atom. The molecule has 0 aliphatic carbocycles. The van der Waals surface area contributed by atoms with Crippen molar-refractivity contribution in [3.8, 4) is 6.07 Å². The smallest absolute Gasteiger partial charge is 0.266 e. The third kappa shape index (κ3) is 4.08. The Morgan fingerprint density at radius 3 is 2.43 bits per heavy atom. The van der Waals surface area contributed by atoms with Crippen molar-refractivity contribution in [1.29, 1.82) is 5.26 Å². The van der Waals surface area contributed by atoms with E-state index in [9.17, 15) is 9.59 Å². The van der Waals surface area contributed by atoms with Gasteiger partial charge in [0.1, 0.15) is 17.4 Å². The van der Waals surface area contributed by atoms with Gasteiger partial charge in [0.25, 0.3) is 11.8 Å². The number of hydrogen-bond acceptors (Lipinski definition) is 4. The van der Waals surface area contributed by atoms with E-state index in [0.717, 1.165) is 0 Å². The molecule has 6 nitrogen and oxygen atoms in total. The molecule has 23 heavy (non-hydrogen) atoms. The van der Waals surface area contributed by atoms with Gasteiger partial charge in [0, 0.05) is 31.4 Å². The summed E-state index contributed by atoms with van der Waals surface area (Å²) in [5.74, 6) is -0.252. The molecule has 0 radical (unpaired) electrons. The van der Waals surface area contributed by atoms with Gasteiger partial charge < -0.3 is 14.6 Å². The number of carbonyl (C=O) groups is 2. The fraction of sp³-hybridized carbons (Fsp3) is 0.118. The van der Waals surface area contributed by atoms with Crippen LogP contribution in [0.3, 0.4) is 0 Å². The number of hydrogen-bond donors (Lipinski definition) is 1. The van der Waals surface area contributed by atoms with E-state index in [-0.39, 0.29) is 11.5 Å². The van der Waals surface area contributed by atoms with Gasteiger partial charge in [-0.05, 0) is 36.4 Å². The average Bonchev–Trinajstić information content (AvgIpc) is 3.05. The number of benzene rings is 1. The predicted molar refractivity (Wildman–Crippen MR) is 85.4 cm³/mol. The number of rotatable bonds is 4. The quantitative estimate of drug-likeness (QED) is 0.694. The molecule has 0 saturated heterocycles. The summed E-state index contributed by atoms with van der Waals surface area (Å²) in [5.41, 5.74) is 0.930. The van der Waals surface area contributed by atoms with E-state index in [4.69, 9.17) is 9.68 Å². The number of carbonyl (C=O) groups excluding carboxylic acids is 2. The van der Waals surface area contributed by atoms with E-state index in [1.54, 1.807) is 50.5 Å². The van der Waals surface area contributed by atoms with Crippen LogP contribution in [0.4, 0.5) is 5.69 Å². The molecule has 116 valence electrons. The van der Waals surface area contributed by atoms with Crippen LogP contribution in [0.1, 0.15) is 16.1 Å². The minimum absolute atomic E-state index is 0.0756. The molecule has 1 aromatic carbocycles. The Kier molecular flexibility index (Phi) is 4.95. The summed E-state index contributed by atoms with van der Waals surface area (Å²) in [6.07, 6.45) is 2.82. The number of amides is 2. The molecule has 2 amide bonds. The van der Waals surface area contributed by atoms with Crippen molar-refractivity contribution in [2.45, 2.75) is 0 Å². The maximum Gasteiger partial charge on any atom is 0.266 e. The molecule has 0 spiro atoms. The van der Waals surface area contributed by atoms with Crippen molar-refractivity contribution in [1.82, 2.24) is 4.90 Å². The Bertz CT molecular complexity index is 766. The van der Waals surface area contributed by atoms with Crippen LogP contribution >= 0.6 is 0 Å². The highest BCUT2D eigenvalue weighted by molar-refractivity contribution is 6.09. The predicted octanol–water partition coefficient (Wildman–Crippen LogP) is 2.53. The minimum Gasteiger partial charge on any atom is -0.465 e. The molecule has 0 fully saturated rings. The first-order valence-corrected chi connectivity index (χ1v) is 6.79. The van der Waals surface area contributed by atoms with Crippen molar-refractivity contribution in [2.24, 2.45) is 0 Å². The van der Waals surface area contributed by atoms with Gasteiger partial charge >= 0.3 is 0 Å². The topological polar surface area (TPSA) is 86.3 Å². The summed E-state index contributed by atoms with van der Waals surface area (Å²) in [6, 6.07) is 11.6. The monoisotopic (exact) mass is 309 g/mol. The highest BCUT2D eigenvalue weighted by Crippen LogP contribution is 2.13. The van der Waals surface area contributed by atoms with Crippen molar-refractivity contribution >= 4 is 23.6 Å².